The smallest absolute Gasteiger partial charge is 0.326 e. The Bertz CT molecular complexity index is 488. The molecule has 6 nitrogen and oxygen atoms in total. The van der Waals surface area contributed by atoms with Gasteiger partial charge in [-0.25, -0.2) is 9.59 Å². The second-order valence-corrected chi connectivity index (χ2v) is 5.06. The van der Waals surface area contributed by atoms with E-state index in [4.69, 9.17) is 9.84 Å². The highest BCUT2D eigenvalue weighted by Crippen LogP contribution is 2.12. The van der Waals surface area contributed by atoms with Crippen LogP contribution in [0.25, 0.3) is 0 Å². The van der Waals surface area contributed by atoms with E-state index in [0.717, 1.165) is 11.3 Å². The first-order chi connectivity index (χ1) is 9.93. The Morgan fingerprint density at radius 3 is 2.62 bits per heavy atom. The SMILES string of the molecule is COc1cccc(CCNC(=O)NC(C(=O)O)C(C)C)c1. The van der Waals surface area contributed by atoms with Crippen molar-refractivity contribution < 1.29 is 19.4 Å². The summed E-state index contributed by atoms with van der Waals surface area (Å²) in [6.07, 6.45) is 0.643. The molecular formula is C15H22N2O4. The zero-order valence-corrected chi connectivity index (χ0v) is 12.6. The Hall–Kier alpha value is -2.24. The Morgan fingerprint density at radius 2 is 2.05 bits per heavy atom. The van der Waals surface area contributed by atoms with Crippen LogP contribution in [-0.4, -0.2) is 36.8 Å². The normalized spacial score (nSPS) is 11.8. The number of nitrogens with one attached hydrogen (secondary N) is 2. The van der Waals surface area contributed by atoms with Crippen LogP contribution < -0.4 is 15.4 Å². The van der Waals surface area contributed by atoms with Crippen LogP contribution in [0.3, 0.4) is 0 Å². The summed E-state index contributed by atoms with van der Waals surface area (Å²) >= 11 is 0. The van der Waals surface area contributed by atoms with Gasteiger partial charge < -0.3 is 20.5 Å². The quantitative estimate of drug-likeness (QED) is 0.713. The molecule has 0 radical (unpaired) electrons. The Balaban J connectivity index is 2.41. The fraction of sp³-hybridized carbons (Fsp3) is 0.467. The second kappa shape index (κ2) is 8.14. The van der Waals surface area contributed by atoms with Crippen LogP contribution in [-0.2, 0) is 11.2 Å². The number of carbonyl (C=O) groups excluding carboxylic acids is 1. The first kappa shape index (κ1) is 16.8. The number of carbonyl (C=O) groups is 2. The minimum atomic E-state index is -1.03. The number of rotatable bonds is 7. The highest BCUT2D eigenvalue weighted by atomic mass is 16.5. The van der Waals surface area contributed by atoms with Crippen molar-refractivity contribution >= 4 is 12.0 Å². The zero-order valence-electron chi connectivity index (χ0n) is 12.6. The van der Waals surface area contributed by atoms with E-state index in [1.165, 1.54) is 0 Å². The molecule has 0 heterocycles. The first-order valence-electron chi connectivity index (χ1n) is 6.84. The van der Waals surface area contributed by atoms with Crippen LogP contribution in [0.5, 0.6) is 5.75 Å². The molecule has 116 valence electrons. The van der Waals surface area contributed by atoms with E-state index in [0.29, 0.717) is 13.0 Å². The molecule has 0 aromatic heterocycles. The maximum absolute atomic E-state index is 11.7. The van der Waals surface area contributed by atoms with Crippen LogP contribution >= 0.6 is 0 Å². The molecule has 0 spiro atoms. The van der Waals surface area contributed by atoms with Gasteiger partial charge in [-0.15, -0.1) is 0 Å². The van der Waals surface area contributed by atoms with Crippen molar-refractivity contribution in [3.8, 4) is 5.75 Å². The summed E-state index contributed by atoms with van der Waals surface area (Å²) in [7, 11) is 1.60. The summed E-state index contributed by atoms with van der Waals surface area (Å²) in [6, 6.07) is 6.21. The molecule has 6 heteroatoms. The molecule has 0 saturated carbocycles. The molecule has 1 rings (SSSR count). The highest BCUT2D eigenvalue weighted by Gasteiger charge is 2.22. The lowest BCUT2D eigenvalue weighted by Crippen LogP contribution is -2.48. The van der Waals surface area contributed by atoms with Gasteiger partial charge in [-0.3, -0.25) is 0 Å². The molecule has 0 aliphatic rings. The van der Waals surface area contributed by atoms with E-state index >= 15 is 0 Å². The van der Waals surface area contributed by atoms with Crippen molar-refractivity contribution in [1.29, 1.82) is 0 Å². The van der Waals surface area contributed by atoms with E-state index in [9.17, 15) is 9.59 Å². The number of urea groups is 1. The average molecular weight is 294 g/mol. The molecule has 1 aromatic rings. The van der Waals surface area contributed by atoms with Gasteiger partial charge in [0, 0.05) is 6.54 Å². The number of carboxylic acid groups (broad SMARTS) is 1. The van der Waals surface area contributed by atoms with Gasteiger partial charge in [-0.1, -0.05) is 26.0 Å². The number of hydrogen-bond acceptors (Lipinski definition) is 3. The third kappa shape index (κ3) is 5.72. The van der Waals surface area contributed by atoms with Crippen molar-refractivity contribution in [3.05, 3.63) is 29.8 Å². The third-order valence-electron chi connectivity index (χ3n) is 3.05. The van der Waals surface area contributed by atoms with Crippen molar-refractivity contribution in [2.75, 3.05) is 13.7 Å². The molecule has 2 amide bonds. The first-order valence-corrected chi connectivity index (χ1v) is 6.84. The predicted octanol–water partition coefficient (Wildman–Crippen LogP) is 1.65. The predicted molar refractivity (Wildman–Crippen MR) is 79.5 cm³/mol. The number of ether oxygens (including phenoxy) is 1. The molecule has 1 unspecified atom stereocenters. The van der Waals surface area contributed by atoms with E-state index in [2.05, 4.69) is 10.6 Å². The van der Waals surface area contributed by atoms with E-state index in [1.54, 1.807) is 21.0 Å². The molecular weight excluding hydrogens is 272 g/mol. The number of amides is 2. The average Bonchev–Trinajstić information content (AvgIpc) is 2.44. The number of carboxylic acids is 1. The highest BCUT2D eigenvalue weighted by molar-refractivity contribution is 5.82. The summed E-state index contributed by atoms with van der Waals surface area (Å²) in [5.74, 6) is -0.442. The molecule has 0 aliphatic heterocycles. The molecule has 0 saturated heterocycles. The molecule has 0 fully saturated rings. The van der Waals surface area contributed by atoms with Gasteiger partial charge in [0.2, 0.25) is 0 Å². The van der Waals surface area contributed by atoms with E-state index in [-0.39, 0.29) is 5.92 Å². The number of methoxy groups -OCH3 is 1. The van der Waals surface area contributed by atoms with Crippen LogP contribution in [0.2, 0.25) is 0 Å². The Labute approximate surface area is 124 Å². The monoisotopic (exact) mass is 294 g/mol. The number of benzene rings is 1. The molecule has 21 heavy (non-hydrogen) atoms. The molecule has 1 atom stereocenters. The van der Waals surface area contributed by atoms with Crippen LogP contribution in [0.1, 0.15) is 19.4 Å². The van der Waals surface area contributed by atoms with Gasteiger partial charge in [0.05, 0.1) is 7.11 Å². The maximum atomic E-state index is 11.7. The van der Waals surface area contributed by atoms with E-state index in [1.807, 2.05) is 24.3 Å². The van der Waals surface area contributed by atoms with Gasteiger partial charge in [-0.2, -0.15) is 0 Å². The standard InChI is InChI=1S/C15H22N2O4/c1-10(2)13(14(18)19)17-15(20)16-8-7-11-5-4-6-12(9-11)21-3/h4-6,9-10,13H,7-8H2,1-3H3,(H,18,19)(H2,16,17,20). The van der Waals surface area contributed by atoms with Gasteiger partial charge in [0.25, 0.3) is 0 Å². The summed E-state index contributed by atoms with van der Waals surface area (Å²) in [5, 5.41) is 14.1. The fourth-order valence-corrected chi connectivity index (χ4v) is 1.85. The summed E-state index contributed by atoms with van der Waals surface area (Å²) in [5.41, 5.74) is 1.04. The Kier molecular flexibility index (Phi) is 6.52. The van der Waals surface area contributed by atoms with Gasteiger partial charge >= 0.3 is 12.0 Å². The lowest BCUT2D eigenvalue weighted by molar-refractivity contribution is -0.140. The van der Waals surface area contributed by atoms with Gasteiger partial charge in [0.15, 0.2) is 0 Å². The van der Waals surface area contributed by atoms with Gasteiger partial charge in [0.1, 0.15) is 11.8 Å². The molecule has 3 N–H and O–H groups in total. The van der Waals surface area contributed by atoms with Crippen molar-refractivity contribution in [3.63, 3.8) is 0 Å². The van der Waals surface area contributed by atoms with Crippen LogP contribution in [0, 0.1) is 5.92 Å². The molecule has 0 bridgehead atoms. The fourth-order valence-electron chi connectivity index (χ4n) is 1.85. The zero-order chi connectivity index (χ0) is 15.8. The minimum absolute atomic E-state index is 0.174. The number of aliphatic carboxylic acids is 1. The Morgan fingerprint density at radius 1 is 1.33 bits per heavy atom. The molecule has 0 aliphatic carbocycles. The minimum Gasteiger partial charge on any atom is -0.497 e. The molecule has 1 aromatic carbocycles. The van der Waals surface area contributed by atoms with Crippen LogP contribution in [0.15, 0.2) is 24.3 Å². The van der Waals surface area contributed by atoms with Crippen molar-refractivity contribution in [2.24, 2.45) is 5.92 Å². The largest absolute Gasteiger partial charge is 0.497 e. The summed E-state index contributed by atoms with van der Waals surface area (Å²) in [4.78, 5) is 22.7. The van der Waals surface area contributed by atoms with Crippen molar-refractivity contribution in [1.82, 2.24) is 10.6 Å². The number of hydrogen-bond donors (Lipinski definition) is 3. The van der Waals surface area contributed by atoms with E-state index < -0.39 is 18.0 Å². The summed E-state index contributed by atoms with van der Waals surface area (Å²) in [6.45, 7) is 3.91. The lowest BCUT2D eigenvalue weighted by atomic mass is 10.1. The maximum Gasteiger partial charge on any atom is 0.326 e. The lowest BCUT2D eigenvalue weighted by Gasteiger charge is -2.18. The van der Waals surface area contributed by atoms with Crippen LogP contribution in [0.4, 0.5) is 4.79 Å². The third-order valence-corrected chi connectivity index (χ3v) is 3.05. The topological polar surface area (TPSA) is 87.7 Å². The summed E-state index contributed by atoms with van der Waals surface area (Å²) < 4.78 is 5.12. The van der Waals surface area contributed by atoms with Crippen molar-refractivity contribution in [2.45, 2.75) is 26.3 Å². The second-order valence-electron chi connectivity index (χ2n) is 5.06. The van der Waals surface area contributed by atoms with Gasteiger partial charge in [-0.05, 0) is 30.0 Å².